The zero-order chi connectivity index (χ0) is 19.4. The van der Waals surface area contributed by atoms with Gasteiger partial charge in [-0.15, -0.1) is 0 Å². The zero-order valence-corrected chi connectivity index (χ0v) is 16.5. The van der Waals surface area contributed by atoms with Gasteiger partial charge in [0.1, 0.15) is 5.75 Å². The number of nitrogen functional groups attached to an aromatic ring is 1. The molecule has 0 spiro atoms. The molecule has 1 saturated heterocycles. The number of likely N-dealkylation sites (tertiary alicyclic amines) is 1. The third kappa shape index (κ3) is 4.73. The summed E-state index contributed by atoms with van der Waals surface area (Å²) in [6, 6.07) is 13.7. The number of rotatable bonds is 5. The molecule has 0 radical (unpaired) electrons. The fourth-order valence-electron chi connectivity index (χ4n) is 3.59. The fourth-order valence-corrected chi connectivity index (χ4v) is 3.76. The quantitative estimate of drug-likeness (QED) is 0.769. The molecule has 0 bridgehead atoms. The lowest BCUT2D eigenvalue weighted by Gasteiger charge is -2.37. The van der Waals surface area contributed by atoms with Crippen molar-refractivity contribution in [1.82, 2.24) is 10.2 Å². The number of piperidine rings is 1. The Balaban J connectivity index is 1.62. The lowest BCUT2D eigenvalue weighted by Crippen LogP contribution is -2.49. The molecule has 0 aromatic heterocycles. The van der Waals surface area contributed by atoms with Crippen LogP contribution in [0.25, 0.3) is 0 Å². The van der Waals surface area contributed by atoms with Crippen LogP contribution in [0.2, 0.25) is 5.02 Å². The highest BCUT2D eigenvalue weighted by molar-refractivity contribution is 6.33. The second-order valence-corrected chi connectivity index (χ2v) is 7.55. The molecule has 2 atom stereocenters. The Hall–Kier alpha value is -2.24. The van der Waals surface area contributed by atoms with Crippen LogP contribution in [0.1, 0.15) is 29.3 Å². The summed E-state index contributed by atoms with van der Waals surface area (Å²) in [7, 11) is 1.52. The van der Waals surface area contributed by atoms with E-state index in [9.17, 15) is 4.79 Å². The van der Waals surface area contributed by atoms with Crippen molar-refractivity contribution in [2.24, 2.45) is 5.92 Å². The normalized spacial score (nSPS) is 20.3. The van der Waals surface area contributed by atoms with E-state index >= 15 is 0 Å². The summed E-state index contributed by atoms with van der Waals surface area (Å²) in [4.78, 5) is 15.2. The highest BCUT2D eigenvalue weighted by Gasteiger charge is 2.28. The van der Waals surface area contributed by atoms with Crippen LogP contribution in [0.4, 0.5) is 5.69 Å². The summed E-state index contributed by atoms with van der Waals surface area (Å²) in [5, 5.41) is 3.50. The van der Waals surface area contributed by atoms with Gasteiger partial charge in [-0.2, -0.15) is 0 Å². The van der Waals surface area contributed by atoms with Crippen molar-refractivity contribution in [2.75, 3.05) is 25.9 Å². The summed E-state index contributed by atoms with van der Waals surface area (Å²) in [5.74, 6) is 0.604. The first kappa shape index (κ1) is 19.5. The molecule has 3 rings (SSSR count). The van der Waals surface area contributed by atoms with Gasteiger partial charge in [-0.25, -0.2) is 0 Å². The average molecular weight is 388 g/mol. The van der Waals surface area contributed by atoms with E-state index in [0.717, 1.165) is 26.1 Å². The monoisotopic (exact) mass is 387 g/mol. The number of halogens is 1. The van der Waals surface area contributed by atoms with E-state index in [-0.39, 0.29) is 11.9 Å². The maximum atomic E-state index is 12.8. The van der Waals surface area contributed by atoms with Gasteiger partial charge in [0, 0.05) is 31.7 Å². The van der Waals surface area contributed by atoms with Crippen molar-refractivity contribution in [1.29, 1.82) is 0 Å². The predicted octanol–water partition coefficient (Wildman–Crippen LogP) is 3.57. The number of carbonyl (C=O) groups is 1. The number of benzene rings is 2. The standard InChI is InChI=1S/C21H26ClN3O2/c1-14-12-25(13-15-6-4-3-5-7-15)9-8-19(14)24-21(26)16-10-17(22)18(23)11-20(16)27-2/h3-7,10-11,14,19H,8-9,12-13,23H2,1-2H3,(H,24,26)/t14-,19-/m1/s1. The summed E-state index contributed by atoms with van der Waals surface area (Å²) in [5.41, 5.74) is 7.92. The van der Waals surface area contributed by atoms with Gasteiger partial charge in [0.15, 0.2) is 0 Å². The number of nitrogens with zero attached hydrogens (tertiary/aromatic N) is 1. The van der Waals surface area contributed by atoms with E-state index in [1.165, 1.54) is 12.7 Å². The molecule has 1 fully saturated rings. The number of methoxy groups -OCH3 is 1. The lowest BCUT2D eigenvalue weighted by atomic mass is 9.93. The maximum Gasteiger partial charge on any atom is 0.255 e. The second kappa shape index (κ2) is 8.63. The Morgan fingerprint density at radius 2 is 2.07 bits per heavy atom. The number of hydrogen-bond acceptors (Lipinski definition) is 4. The minimum Gasteiger partial charge on any atom is -0.496 e. The molecule has 6 heteroatoms. The van der Waals surface area contributed by atoms with Crippen LogP contribution in [0, 0.1) is 5.92 Å². The van der Waals surface area contributed by atoms with Crippen LogP contribution < -0.4 is 15.8 Å². The molecule has 1 heterocycles. The minimum atomic E-state index is -0.179. The van der Waals surface area contributed by atoms with Gasteiger partial charge in [-0.3, -0.25) is 9.69 Å². The maximum absolute atomic E-state index is 12.8. The molecule has 0 saturated carbocycles. The van der Waals surface area contributed by atoms with Crippen LogP contribution in [-0.4, -0.2) is 37.0 Å². The van der Waals surface area contributed by atoms with Gasteiger partial charge in [0.2, 0.25) is 0 Å². The van der Waals surface area contributed by atoms with Crippen LogP contribution in [-0.2, 0) is 6.54 Å². The largest absolute Gasteiger partial charge is 0.496 e. The molecule has 5 nitrogen and oxygen atoms in total. The summed E-state index contributed by atoms with van der Waals surface area (Å²) in [6.45, 7) is 5.01. The first-order valence-electron chi connectivity index (χ1n) is 9.18. The van der Waals surface area contributed by atoms with E-state index in [0.29, 0.717) is 27.9 Å². The van der Waals surface area contributed by atoms with Crippen LogP contribution in [0.3, 0.4) is 0 Å². The lowest BCUT2D eigenvalue weighted by molar-refractivity contribution is 0.0857. The third-order valence-electron chi connectivity index (χ3n) is 5.12. The first-order chi connectivity index (χ1) is 13.0. The summed E-state index contributed by atoms with van der Waals surface area (Å²) >= 11 is 6.09. The molecule has 1 aliphatic rings. The Morgan fingerprint density at radius 3 is 2.74 bits per heavy atom. The molecule has 1 amide bonds. The van der Waals surface area contributed by atoms with Crippen molar-refractivity contribution in [3.63, 3.8) is 0 Å². The van der Waals surface area contributed by atoms with Crippen molar-refractivity contribution in [3.8, 4) is 5.75 Å². The Labute approximate surface area is 165 Å². The fraction of sp³-hybridized carbons (Fsp3) is 0.381. The molecule has 1 aliphatic heterocycles. The summed E-state index contributed by atoms with van der Waals surface area (Å²) < 4.78 is 5.29. The topological polar surface area (TPSA) is 67.6 Å². The van der Waals surface area contributed by atoms with E-state index < -0.39 is 0 Å². The molecular weight excluding hydrogens is 362 g/mol. The average Bonchev–Trinajstić information content (AvgIpc) is 2.66. The number of ether oxygens (including phenoxy) is 1. The number of nitrogens with one attached hydrogen (secondary N) is 1. The van der Waals surface area contributed by atoms with Gasteiger partial charge in [-0.1, -0.05) is 48.9 Å². The Morgan fingerprint density at radius 1 is 1.33 bits per heavy atom. The predicted molar refractivity (Wildman–Crippen MR) is 109 cm³/mol. The number of nitrogens with two attached hydrogens (primary N) is 1. The van der Waals surface area contributed by atoms with Gasteiger partial charge in [0.25, 0.3) is 5.91 Å². The molecule has 0 unspecified atom stereocenters. The van der Waals surface area contributed by atoms with Gasteiger partial charge in [0.05, 0.1) is 23.4 Å². The first-order valence-corrected chi connectivity index (χ1v) is 9.56. The molecule has 0 aliphatic carbocycles. The summed E-state index contributed by atoms with van der Waals surface area (Å²) in [6.07, 6.45) is 0.908. The van der Waals surface area contributed by atoms with Gasteiger partial charge >= 0.3 is 0 Å². The van der Waals surface area contributed by atoms with Crippen molar-refractivity contribution in [2.45, 2.75) is 25.9 Å². The van der Waals surface area contributed by atoms with Crippen LogP contribution in [0.5, 0.6) is 5.75 Å². The molecule has 2 aromatic rings. The molecule has 3 N–H and O–H groups in total. The highest BCUT2D eigenvalue weighted by Crippen LogP contribution is 2.29. The number of amides is 1. The second-order valence-electron chi connectivity index (χ2n) is 7.14. The Kier molecular flexibility index (Phi) is 6.24. The smallest absolute Gasteiger partial charge is 0.255 e. The van der Waals surface area contributed by atoms with Crippen LogP contribution in [0.15, 0.2) is 42.5 Å². The van der Waals surface area contributed by atoms with Crippen molar-refractivity contribution >= 4 is 23.2 Å². The number of carbonyl (C=O) groups excluding carboxylic acids is 1. The van der Waals surface area contributed by atoms with Gasteiger partial charge < -0.3 is 15.8 Å². The SMILES string of the molecule is COc1cc(N)c(Cl)cc1C(=O)N[C@@H]1CCN(Cc2ccccc2)C[C@H]1C. The number of anilines is 1. The molecule has 2 aromatic carbocycles. The van der Waals surface area contributed by atoms with Crippen molar-refractivity contribution in [3.05, 3.63) is 58.6 Å². The molecule has 27 heavy (non-hydrogen) atoms. The van der Waals surface area contributed by atoms with Crippen LogP contribution >= 0.6 is 11.6 Å². The third-order valence-corrected chi connectivity index (χ3v) is 5.45. The van der Waals surface area contributed by atoms with Crippen molar-refractivity contribution < 1.29 is 9.53 Å². The minimum absolute atomic E-state index is 0.116. The zero-order valence-electron chi connectivity index (χ0n) is 15.7. The Bertz CT molecular complexity index is 798. The number of hydrogen-bond donors (Lipinski definition) is 2. The van der Waals surface area contributed by atoms with E-state index in [1.807, 2.05) is 6.07 Å². The van der Waals surface area contributed by atoms with E-state index in [2.05, 4.69) is 41.4 Å². The van der Waals surface area contributed by atoms with Gasteiger partial charge in [-0.05, 0) is 24.0 Å². The van der Waals surface area contributed by atoms with E-state index in [1.54, 1.807) is 12.1 Å². The molecular formula is C21H26ClN3O2. The highest BCUT2D eigenvalue weighted by atomic mass is 35.5. The van der Waals surface area contributed by atoms with E-state index in [4.69, 9.17) is 22.1 Å². The molecule has 144 valence electrons.